The van der Waals surface area contributed by atoms with Gasteiger partial charge in [-0.1, -0.05) is 49.2 Å². The van der Waals surface area contributed by atoms with Gasteiger partial charge in [0.2, 0.25) is 5.91 Å². The van der Waals surface area contributed by atoms with Gasteiger partial charge in [0.05, 0.1) is 13.2 Å². The van der Waals surface area contributed by atoms with Gasteiger partial charge < -0.3 is 19.3 Å². The minimum absolute atomic E-state index is 0.0622. The summed E-state index contributed by atoms with van der Waals surface area (Å²) in [7, 11) is 1.31. The first-order chi connectivity index (χ1) is 16.5. The first-order valence-electron chi connectivity index (χ1n) is 12.0. The normalized spacial score (nSPS) is 26.1. The number of nitrogens with zero attached hydrogens (tertiary/aromatic N) is 2. The molecule has 0 spiro atoms. The quantitative estimate of drug-likeness (QED) is 0.691. The van der Waals surface area contributed by atoms with Crippen molar-refractivity contribution in [2.45, 2.75) is 44.3 Å². The molecule has 2 aromatic rings. The van der Waals surface area contributed by atoms with E-state index in [2.05, 4.69) is 0 Å². The number of likely N-dealkylation sites (tertiary alicyclic amines) is 1. The molecule has 1 amide bonds. The minimum atomic E-state index is -0.834. The van der Waals surface area contributed by atoms with Gasteiger partial charge in [-0.25, -0.2) is 4.79 Å². The lowest BCUT2D eigenvalue weighted by Gasteiger charge is -2.32. The average Bonchev–Trinajstić information content (AvgIpc) is 3.59. The number of benzene rings is 1. The van der Waals surface area contributed by atoms with E-state index < -0.39 is 24.0 Å². The third kappa shape index (κ3) is 3.68. The molecule has 7 heteroatoms. The number of carbonyl (C=O) groups excluding carboxylic acids is 2. The first kappa shape index (κ1) is 22.6. The van der Waals surface area contributed by atoms with Crippen LogP contribution in [0.5, 0.6) is 0 Å². The smallest absolute Gasteiger partial charge is 0.328 e. The van der Waals surface area contributed by atoms with Crippen molar-refractivity contribution in [3.8, 4) is 0 Å². The number of ether oxygens (including phenoxy) is 1. The molecule has 1 N–H and O–H groups in total. The van der Waals surface area contributed by atoms with Gasteiger partial charge in [-0.3, -0.25) is 9.59 Å². The molecule has 34 heavy (non-hydrogen) atoms. The van der Waals surface area contributed by atoms with E-state index in [4.69, 9.17) is 4.74 Å². The molecule has 0 bridgehead atoms. The van der Waals surface area contributed by atoms with Crippen LogP contribution in [0.4, 0.5) is 0 Å². The summed E-state index contributed by atoms with van der Waals surface area (Å²) in [6, 6.07) is 12.2. The molecule has 2 fully saturated rings. The summed E-state index contributed by atoms with van der Waals surface area (Å²) < 4.78 is 6.77. The maximum absolute atomic E-state index is 13.6. The van der Waals surface area contributed by atoms with Crippen LogP contribution in [-0.4, -0.2) is 46.2 Å². The van der Waals surface area contributed by atoms with Crippen LogP contribution in [0.3, 0.4) is 0 Å². The highest BCUT2D eigenvalue weighted by Gasteiger charge is 2.58. The van der Waals surface area contributed by atoms with Gasteiger partial charge in [0.1, 0.15) is 6.04 Å². The number of methoxy groups -OCH3 is 1. The standard InChI is InChI=1S/C27H30N2O5/c1-34-27(33)24-21(16-30)20-15-28-22(23(20)29(24)26(32)18-9-5-6-10-18)14-13-19(25(28)31)12-11-17-7-3-2-4-8-17/h2-4,7-8,11-14,18,20-21,23-24,30H,5-6,9-10,15-16H2,1H3/t20-,21-,23+,24-/m0/s1. The number of hydrogen-bond donors (Lipinski definition) is 1. The first-order valence-corrected chi connectivity index (χ1v) is 12.0. The van der Waals surface area contributed by atoms with Crippen LogP contribution in [0.25, 0.3) is 12.2 Å². The van der Waals surface area contributed by atoms with E-state index in [1.807, 2.05) is 42.5 Å². The molecule has 0 unspecified atom stereocenters. The molecule has 4 atom stereocenters. The Morgan fingerprint density at radius 2 is 1.82 bits per heavy atom. The van der Waals surface area contributed by atoms with Crippen LogP contribution in [0.1, 0.15) is 48.5 Å². The van der Waals surface area contributed by atoms with Crippen molar-refractivity contribution < 1.29 is 19.4 Å². The number of aliphatic hydroxyl groups is 1. The van der Waals surface area contributed by atoms with Crippen molar-refractivity contribution in [1.29, 1.82) is 0 Å². The lowest BCUT2D eigenvalue weighted by molar-refractivity contribution is -0.155. The van der Waals surface area contributed by atoms with E-state index in [0.717, 1.165) is 36.9 Å². The van der Waals surface area contributed by atoms with Gasteiger partial charge in [-0.05, 0) is 36.6 Å². The summed E-state index contributed by atoms with van der Waals surface area (Å²) in [5.41, 5.74) is 2.16. The fourth-order valence-corrected chi connectivity index (χ4v) is 6.10. The van der Waals surface area contributed by atoms with Crippen molar-refractivity contribution in [3.63, 3.8) is 0 Å². The fourth-order valence-electron chi connectivity index (χ4n) is 6.10. The molecular formula is C27H30N2O5. The Labute approximate surface area is 198 Å². The van der Waals surface area contributed by atoms with Crippen LogP contribution in [-0.2, 0) is 20.9 Å². The lowest BCUT2D eigenvalue weighted by atomic mass is 9.88. The van der Waals surface area contributed by atoms with Gasteiger partial charge in [0.25, 0.3) is 5.56 Å². The number of esters is 1. The van der Waals surface area contributed by atoms with Gasteiger partial charge in [-0.2, -0.15) is 0 Å². The summed E-state index contributed by atoms with van der Waals surface area (Å²) >= 11 is 0. The SMILES string of the molecule is COC(=O)[C@@H]1[C@@H](CO)[C@@H]2Cn3c(ccc(C=Cc4ccccc4)c3=O)[C@@H]2N1C(=O)C1CCCC1. The second-order valence-electron chi connectivity index (χ2n) is 9.52. The third-order valence-electron chi connectivity index (χ3n) is 7.76. The molecule has 0 radical (unpaired) electrons. The van der Waals surface area contributed by atoms with Crippen LogP contribution in [0, 0.1) is 17.8 Å². The number of pyridine rings is 1. The zero-order chi connectivity index (χ0) is 23.8. The molecule has 3 aliphatic rings. The summed E-state index contributed by atoms with van der Waals surface area (Å²) in [6.07, 6.45) is 7.32. The predicted molar refractivity (Wildman–Crippen MR) is 127 cm³/mol. The van der Waals surface area contributed by atoms with Gasteiger partial charge >= 0.3 is 5.97 Å². The van der Waals surface area contributed by atoms with Crippen LogP contribution in [0.15, 0.2) is 47.3 Å². The van der Waals surface area contributed by atoms with Gasteiger partial charge in [-0.15, -0.1) is 0 Å². The Hall–Kier alpha value is -3.19. The molecule has 1 aromatic heterocycles. The van der Waals surface area contributed by atoms with Gasteiger partial charge in [0, 0.05) is 42.2 Å². The number of aliphatic hydroxyl groups excluding tert-OH is 1. The molecule has 2 aliphatic heterocycles. The Morgan fingerprint density at radius 1 is 1.09 bits per heavy atom. The van der Waals surface area contributed by atoms with E-state index in [-0.39, 0.29) is 29.9 Å². The predicted octanol–water partition coefficient (Wildman–Crippen LogP) is 2.87. The summed E-state index contributed by atoms with van der Waals surface area (Å²) in [5, 5.41) is 10.3. The van der Waals surface area contributed by atoms with Crippen molar-refractivity contribution in [1.82, 2.24) is 9.47 Å². The Balaban J connectivity index is 1.54. The van der Waals surface area contributed by atoms with E-state index in [1.54, 1.807) is 21.6 Å². The molecule has 5 rings (SSSR count). The molecule has 178 valence electrons. The Bertz CT molecular complexity index is 1170. The molecule has 1 saturated heterocycles. The number of fused-ring (bicyclic) bond motifs is 3. The second-order valence-corrected chi connectivity index (χ2v) is 9.52. The number of rotatable bonds is 5. The number of hydrogen-bond acceptors (Lipinski definition) is 5. The highest BCUT2D eigenvalue weighted by molar-refractivity contribution is 5.87. The third-order valence-corrected chi connectivity index (χ3v) is 7.76. The van der Waals surface area contributed by atoms with Gasteiger partial charge in [0.15, 0.2) is 0 Å². The van der Waals surface area contributed by atoms with Crippen LogP contribution < -0.4 is 5.56 Å². The minimum Gasteiger partial charge on any atom is -0.467 e. The summed E-state index contributed by atoms with van der Waals surface area (Å²) in [4.78, 5) is 41.4. The van der Waals surface area contributed by atoms with E-state index in [9.17, 15) is 19.5 Å². The van der Waals surface area contributed by atoms with Crippen LogP contribution in [0.2, 0.25) is 0 Å². The number of aromatic nitrogens is 1. The number of carbonyl (C=O) groups is 2. The van der Waals surface area contributed by atoms with E-state index in [1.165, 1.54) is 7.11 Å². The van der Waals surface area contributed by atoms with Crippen molar-refractivity contribution in [2.75, 3.05) is 13.7 Å². The summed E-state index contributed by atoms with van der Waals surface area (Å²) in [5.74, 6) is -1.39. The molecule has 1 saturated carbocycles. The number of amides is 1. The Kier molecular flexibility index (Phi) is 6.13. The maximum Gasteiger partial charge on any atom is 0.328 e. The average molecular weight is 463 g/mol. The largest absolute Gasteiger partial charge is 0.467 e. The Morgan fingerprint density at radius 3 is 2.50 bits per heavy atom. The highest BCUT2D eigenvalue weighted by Crippen LogP contribution is 2.50. The summed E-state index contributed by atoms with van der Waals surface area (Å²) in [6.45, 7) is 0.109. The molecule has 1 aromatic carbocycles. The van der Waals surface area contributed by atoms with Crippen molar-refractivity contribution in [3.05, 3.63) is 69.6 Å². The zero-order valence-corrected chi connectivity index (χ0v) is 19.3. The van der Waals surface area contributed by atoms with E-state index in [0.29, 0.717) is 12.1 Å². The van der Waals surface area contributed by atoms with Crippen molar-refractivity contribution >= 4 is 24.0 Å². The molecular weight excluding hydrogens is 432 g/mol. The topological polar surface area (TPSA) is 88.8 Å². The second kappa shape index (κ2) is 9.22. The lowest BCUT2D eigenvalue weighted by Crippen LogP contribution is -2.48. The van der Waals surface area contributed by atoms with E-state index >= 15 is 0 Å². The highest BCUT2D eigenvalue weighted by atomic mass is 16.5. The monoisotopic (exact) mass is 462 g/mol. The van der Waals surface area contributed by atoms with Crippen LogP contribution >= 0.6 is 0 Å². The maximum atomic E-state index is 13.6. The fraction of sp³-hybridized carbons (Fsp3) is 0.444. The molecule has 7 nitrogen and oxygen atoms in total. The van der Waals surface area contributed by atoms with Crippen molar-refractivity contribution in [2.24, 2.45) is 17.8 Å². The zero-order valence-electron chi connectivity index (χ0n) is 19.3. The molecule has 3 heterocycles. The molecule has 1 aliphatic carbocycles.